The van der Waals surface area contributed by atoms with Crippen molar-refractivity contribution in [1.29, 1.82) is 0 Å². The van der Waals surface area contributed by atoms with Gasteiger partial charge in [0.25, 0.3) is 0 Å². The van der Waals surface area contributed by atoms with Gasteiger partial charge in [-0.25, -0.2) is 0 Å². The molecule has 0 bridgehead atoms. The van der Waals surface area contributed by atoms with Gasteiger partial charge in [0, 0.05) is 5.41 Å². The number of hydrogen-bond acceptors (Lipinski definition) is 1. The van der Waals surface area contributed by atoms with E-state index in [0.717, 1.165) is 36.6 Å². The van der Waals surface area contributed by atoms with E-state index >= 15 is 0 Å². The molecule has 0 aromatic rings. The molecule has 0 aromatic carbocycles. The van der Waals surface area contributed by atoms with Gasteiger partial charge in [0.15, 0.2) is 0 Å². The van der Waals surface area contributed by atoms with Crippen molar-refractivity contribution in [3.63, 3.8) is 0 Å². The van der Waals surface area contributed by atoms with Crippen molar-refractivity contribution < 1.29 is 10.4 Å². The SMILES string of the molecule is CC(C)[NH2+]C[C@@]1(O)CC[C@@H]2[C@H]3CC[C@H]4CCCC[C@]4(C)[C@@H]3CC[C@@]21C. The molecule has 4 fully saturated rings. The topological polar surface area (TPSA) is 36.8 Å². The summed E-state index contributed by atoms with van der Waals surface area (Å²) in [5.74, 6) is 3.62. The Kier molecular flexibility index (Phi) is 4.56. The third-order valence-electron chi connectivity index (χ3n) is 9.83. The molecule has 4 aliphatic carbocycles. The minimum Gasteiger partial charge on any atom is -0.383 e. The van der Waals surface area contributed by atoms with Crippen LogP contribution >= 0.6 is 0 Å². The Morgan fingerprint density at radius 2 is 1.68 bits per heavy atom. The average Bonchev–Trinajstić information content (AvgIpc) is 2.84. The molecule has 4 aliphatic rings. The number of nitrogens with two attached hydrogens (primary N) is 1. The number of quaternary nitrogens is 1. The highest BCUT2D eigenvalue weighted by Crippen LogP contribution is 2.68. The molecule has 3 N–H and O–H groups in total. The van der Waals surface area contributed by atoms with E-state index in [-0.39, 0.29) is 5.41 Å². The van der Waals surface area contributed by atoms with Gasteiger partial charge in [-0.3, -0.25) is 0 Å². The van der Waals surface area contributed by atoms with Gasteiger partial charge in [-0.05, 0) is 94.3 Å². The number of hydrogen-bond donors (Lipinski definition) is 2. The number of fused-ring (bicyclic) bond motifs is 5. The quantitative estimate of drug-likeness (QED) is 0.791. The second-order valence-corrected chi connectivity index (χ2v) is 11.1. The first kappa shape index (κ1) is 18.3. The first-order valence-corrected chi connectivity index (χ1v) is 11.4. The molecule has 25 heavy (non-hydrogen) atoms. The van der Waals surface area contributed by atoms with Crippen molar-refractivity contribution in [2.45, 2.75) is 104 Å². The summed E-state index contributed by atoms with van der Waals surface area (Å²) in [5.41, 5.74) is 0.349. The maximum absolute atomic E-state index is 11.7. The van der Waals surface area contributed by atoms with Gasteiger partial charge >= 0.3 is 0 Å². The zero-order valence-electron chi connectivity index (χ0n) is 17.2. The third kappa shape index (κ3) is 2.64. The van der Waals surface area contributed by atoms with Crippen molar-refractivity contribution in [1.82, 2.24) is 0 Å². The van der Waals surface area contributed by atoms with Crippen LogP contribution in [0.3, 0.4) is 0 Å². The smallest absolute Gasteiger partial charge is 0.119 e. The van der Waals surface area contributed by atoms with Gasteiger partial charge in [0.05, 0.1) is 6.04 Å². The van der Waals surface area contributed by atoms with E-state index in [0.29, 0.717) is 11.5 Å². The van der Waals surface area contributed by atoms with Crippen LogP contribution < -0.4 is 5.32 Å². The van der Waals surface area contributed by atoms with Crippen LogP contribution in [0.4, 0.5) is 0 Å². The molecule has 0 aromatic heterocycles. The lowest BCUT2D eigenvalue weighted by Crippen LogP contribution is -2.92. The summed E-state index contributed by atoms with van der Waals surface area (Å²) in [6.07, 6.45) is 13.8. The molecule has 0 aliphatic heterocycles. The predicted octanol–water partition coefficient (Wildman–Crippen LogP) is 4.12. The Hall–Kier alpha value is -0.0800. The monoisotopic (exact) mass is 348 g/mol. The Bertz CT molecular complexity index is 504. The Labute approximate surface area is 155 Å². The average molecular weight is 349 g/mol. The molecule has 0 saturated heterocycles. The van der Waals surface area contributed by atoms with Gasteiger partial charge in [-0.15, -0.1) is 0 Å². The Morgan fingerprint density at radius 1 is 0.920 bits per heavy atom. The lowest BCUT2D eigenvalue weighted by Gasteiger charge is -2.61. The van der Waals surface area contributed by atoms with Gasteiger partial charge in [-0.1, -0.05) is 26.7 Å². The van der Waals surface area contributed by atoms with Crippen molar-refractivity contribution >= 4 is 0 Å². The predicted molar refractivity (Wildman–Crippen MR) is 103 cm³/mol. The summed E-state index contributed by atoms with van der Waals surface area (Å²) < 4.78 is 0. The fourth-order valence-electron chi connectivity index (χ4n) is 8.17. The van der Waals surface area contributed by atoms with Crippen molar-refractivity contribution in [2.24, 2.45) is 34.5 Å². The van der Waals surface area contributed by atoms with E-state index in [1.165, 1.54) is 57.8 Å². The Morgan fingerprint density at radius 3 is 2.44 bits per heavy atom. The summed E-state index contributed by atoms with van der Waals surface area (Å²) in [4.78, 5) is 0. The standard InChI is InChI=1S/C23H41NO/c1-16(2)24-15-23(25)14-11-20-18-9-8-17-7-5-6-12-21(17,3)19(18)10-13-22(20,23)4/h16-20,24-25H,5-15H2,1-4H3/p+1/t17-,18+,19-,20-,21+,22+,23+/m1/s1. The summed E-state index contributed by atoms with van der Waals surface area (Å²) in [5, 5.41) is 14.0. The highest BCUT2D eigenvalue weighted by molar-refractivity contribution is 5.13. The van der Waals surface area contributed by atoms with Gasteiger partial charge in [0.1, 0.15) is 12.1 Å². The fourth-order valence-corrected chi connectivity index (χ4v) is 8.17. The minimum absolute atomic E-state index is 0.164. The molecule has 0 spiro atoms. The highest BCUT2D eigenvalue weighted by Gasteiger charge is 2.64. The molecule has 7 atom stereocenters. The summed E-state index contributed by atoms with van der Waals surface area (Å²) in [6.45, 7) is 10.5. The van der Waals surface area contributed by atoms with Crippen LogP contribution in [0.1, 0.15) is 91.9 Å². The first-order valence-electron chi connectivity index (χ1n) is 11.4. The molecule has 0 radical (unpaired) electrons. The summed E-state index contributed by atoms with van der Waals surface area (Å²) in [6, 6.07) is 0.583. The van der Waals surface area contributed by atoms with Crippen LogP contribution in [-0.2, 0) is 0 Å². The Balaban J connectivity index is 1.57. The molecule has 4 rings (SSSR count). The highest BCUT2D eigenvalue weighted by atomic mass is 16.3. The fraction of sp³-hybridized carbons (Fsp3) is 1.00. The lowest BCUT2D eigenvalue weighted by molar-refractivity contribution is -0.696. The lowest BCUT2D eigenvalue weighted by atomic mass is 9.44. The molecule has 4 saturated carbocycles. The van der Waals surface area contributed by atoms with E-state index in [1.807, 2.05) is 0 Å². The van der Waals surface area contributed by atoms with Gasteiger partial charge in [-0.2, -0.15) is 0 Å². The maximum Gasteiger partial charge on any atom is 0.119 e. The third-order valence-corrected chi connectivity index (χ3v) is 9.83. The molecule has 0 amide bonds. The molecule has 2 nitrogen and oxygen atoms in total. The number of aliphatic hydroxyl groups is 1. The molecule has 0 unspecified atom stereocenters. The first-order chi connectivity index (χ1) is 11.8. The van der Waals surface area contributed by atoms with E-state index in [1.54, 1.807) is 0 Å². The van der Waals surface area contributed by atoms with Crippen LogP contribution in [0, 0.1) is 34.5 Å². The van der Waals surface area contributed by atoms with Gasteiger partial charge < -0.3 is 10.4 Å². The molecular weight excluding hydrogens is 306 g/mol. The molecule has 144 valence electrons. The van der Waals surface area contributed by atoms with Crippen LogP contribution in [-0.4, -0.2) is 23.3 Å². The number of rotatable bonds is 3. The van der Waals surface area contributed by atoms with Crippen LogP contribution in [0.15, 0.2) is 0 Å². The normalized spacial score (nSPS) is 52.6. The zero-order valence-corrected chi connectivity index (χ0v) is 17.2. The van der Waals surface area contributed by atoms with E-state index in [9.17, 15) is 5.11 Å². The molecule has 0 heterocycles. The molecule has 2 heteroatoms. The maximum atomic E-state index is 11.7. The van der Waals surface area contributed by atoms with E-state index in [4.69, 9.17) is 0 Å². The summed E-state index contributed by atoms with van der Waals surface area (Å²) >= 11 is 0. The second-order valence-electron chi connectivity index (χ2n) is 11.1. The van der Waals surface area contributed by atoms with Crippen LogP contribution in [0.25, 0.3) is 0 Å². The summed E-state index contributed by atoms with van der Waals surface area (Å²) in [7, 11) is 0. The van der Waals surface area contributed by atoms with Gasteiger partial charge in [0.2, 0.25) is 0 Å². The van der Waals surface area contributed by atoms with E-state index < -0.39 is 5.60 Å². The minimum atomic E-state index is -0.433. The zero-order chi connectivity index (χ0) is 17.9. The van der Waals surface area contributed by atoms with Crippen molar-refractivity contribution in [2.75, 3.05) is 6.54 Å². The second kappa shape index (κ2) is 6.23. The molecular formula is C23H42NO+. The van der Waals surface area contributed by atoms with Crippen LogP contribution in [0.2, 0.25) is 0 Å². The van der Waals surface area contributed by atoms with Crippen LogP contribution in [0.5, 0.6) is 0 Å². The van der Waals surface area contributed by atoms with Crippen molar-refractivity contribution in [3.05, 3.63) is 0 Å². The van der Waals surface area contributed by atoms with Crippen molar-refractivity contribution in [3.8, 4) is 0 Å². The largest absolute Gasteiger partial charge is 0.383 e. The van der Waals surface area contributed by atoms with E-state index in [2.05, 4.69) is 33.0 Å².